The van der Waals surface area contributed by atoms with E-state index >= 15 is 0 Å². The standard InChI is InChI=1S/C19H22N2O4S/c1-20-18(23)16-13-6-4-5-7-15(13)26-19(16)21-17(22)12-9-8-11(24-2)10-14(12)25-3/h8-10H,4-7H2,1-3H3,(H,20,23)(H,21,22). The number of hydrogen-bond donors (Lipinski definition) is 2. The van der Waals surface area contributed by atoms with Crippen LogP contribution in [0.25, 0.3) is 0 Å². The lowest BCUT2D eigenvalue weighted by molar-refractivity contribution is 0.0963. The smallest absolute Gasteiger partial charge is 0.260 e. The van der Waals surface area contributed by atoms with Gasteiger partial charge in [0.2, 0.25) is 0 Å². The number of ether oxygens (including phenoxy) is 2. The van der Waals surface area contributed by atoms with Crippen molar-refractivity contribution in [3.63, 3.8) is 0 Å². The van der Waals surface area contributed by atoms with E-state index in [1.807, 2.05) is 0 Å². The van der Waals surface area contributed by atoms with Crippen LogP contribution in [-0.2, 0) is 12.8 Å². The minimum Gasteiger partial charge on any atom is -0.497 e. The number of carbonyl (C=O) groups is 2. The quantitative estimate of drug-likeness (QED) is 0.842. The molecule has 0 atom stereocenters. The molecule has 26 heavy (non-hydrogen) atoms. The summed E-state index contributed by atoms with van der Waals surface area (Å²) in [4.78, 5) is 26.4. The molecule has 1 heterocycles. The summed E-state index contributed by atoms with van der Waals surface area (Å²) in [6.45, 7) is 0. The highest BCUT2D eigenvalue weighted by molar-refractivity contribution is 7.17. The van der Waals surface area contributed by atoms with E-state index in [1.165, 1.54) is 23.3 Å². The number of amides is 2. The molecule has 0 unspecified atom stereocenters. The van der Waals surface area contributed by atoms with E-state index in [0.717, 1.165) is 31.2 Å². The Morgan fingerprint density at radius 2 is 1.85 bits per heavy atom. The molecule has 3 rings (SSSR count). The second-order valence-corrected chi connectivity index (χ2v) is 7.12. The molecule has 138 valence electrons. The maximum atomic E-state index is 12.8. The van der Waals surface area contributed by atoms with E-state index in [9.17, 15) is 9.59 Å². The molecule has 1 aromatic carbocycles. The number of nitrogens with one attached hydrogen (secondary N) is 2. The van der Waals surface area contributed by atoms with Gasteiger partial charge in [-0.3, -0.25) is 9.59 Å². The van der Waals surface area contributed by atoms with Gasteiger partial charge in [-0.2, -0.15) is 0 Å². The van der Waals surface area contributed by atoms with Crippen molar-refractivity contribution in [3.8, 4) is 11.5 Å². The lowest BCUT2D eigenvalue weighted by atomic mass is 9.95. The number of benzene rings is 1. The third-order valence-corrected chi connectivity index (χ3v) is 5.71. The van der Waals surface area contributed by atoms with Gasteiger partial charge >= 0.3 is 0 Å². The van der Waals surface area contributed by atoms with Crippen LogP contribution in [-0.4, -0.2) is 33.1 Å². The first-order valence-electron chi connectivity index (χ1n) is 8.49. The summed E-state index contributed by atoms with van der Waals surface area (Å²) in [5.41, 5.74) is 2.05. The zero-order chi connectivity index (χ0) is 18.7. The van der Waals surface area contributed by atoms with Gasteiger partial charge in [0, 0.05) is 18.0 Å². The molecule has 6 nitrogen and oxygen atoms in total. The summed E-state index contributed by atoms with van der Waals surface area (Å²) >= 11 is 1.49. The molecule has 0 saturated carbocycles. The van der Waals surface area contributed by atoms with Gasteiger partial charge in [-0.15, -0.1) is 11.3 Å². The van der Waals surface area contributed by atoms with Crippen LogP contribution < -0.4 is 20.1 Å². The predicted molar refractivity (Wildman–Crippen MR) is 102 cm³/mol. The molecule has 1 aliphatic carbocycles. The topological polar surface area (TPSA) is 76.7 Å². The molecule has 1 aromatic heterocycles. The highest BCUT2D eigenvalue weighted by atomic mass is 32.1. The summed E-state index contributed by atoms with van der Waals surface area (Å²) in [6.07, 6.45) is 4.00. The third kappa shape index (κ3) is 3.39. The molecule has 0 aliphatic heterocycles. The molecule has 2 amide bonds. The Labute approximate surface area is 156 Å². The highest BCUT2D eigenvalue weighted by Crippen LogP contribution is 2.38. The second-order valence-electron chi connectivity index (χ2n) is 6.01. The predicted octanol–water partition coefficient (Wildman–Crippen LogP) is 3.26. The van der Waals surface area contributed by atoms with Crippen LogP contribution >= 0.6 is 11.3 Å². The largest absolute Gasteiger partial charge is 0.497 e. The van der Waals surface area contributed by atoms with Crippen LogP contribution in [0.3, 0.4) is 0 Å². The summed E-state index contributed by atoms with van der Waals surface area (Å²) in [6, 6.07) is 5.02. The van der Waals surface area contributed by atoms with E-state index in [0.29, 0.717) is 27.6 Å². The fraction of sp³-hybridized carbons (Fsp3) is 0.368. The Hall–Kier alpha value is -2.54. The van der Waals surface area contributed by atoms with Gasteiger partial charge in [0.25, 0.3) is 11.8 Å². The Kier molecular flexibility index (Phi) is 5.46. The van der Waals surface area contributed by atoms with Gasteiger partial charge in [0.15, 0.2) is 0 Å². The Bertz CT molecular complexity index is 844. The van der Waals surface area contributed by atoms with E-state index in [1.54, 1.807) is 32.4 Å². The van der Waals surface area contributed by atoms with E-state index < -0.39 is 0 Å². The van der Waals surface area contributed by atoms with E-state index in [-0.39, 0.29) is 11.8 Å². The van der Waals surface area contributed by atoms with Crippen molar-refractivity contribution in [2.45, 2.75) is 25.7 Å². The Morgan fingerprint density at radius 3 is 2.54 bits per heavy atom. The summed E-state index contributed by atoms with van der Waals surface area (Å²) in [5.74, 6) is 0.551. The third-order valence-electron chi connectivity index (χ3n) is 4.51. The molecule has 0 fully saturated rings. The molecule has 0 saturated heterocycles. The van der Waals surface area contributed by atoms with Crippen LogP contribution in [0, 0.1) is 0 Å². The zero-order valence-corrected chi connectivity index (χ0v) is 15.9. The van der Waals surface area contributed by atoms with Crippen molar-refractivity contribution < 1.29 is 19.1 Å². The Morgan fingerprint density at radius 1 is 1.08 bits per heavy atom. The lowest BCUT2D eigenvalue weighted by Gasteiger charge is -2.13. The van der Waals surface area contributed by atoms with Crippen LogP contribution in [0.5, 0.6) is 11.5 Å². The average Bonchev–Trinajstić information content (AvgIpc) is 3.04. The van der Waals surface area contributed by atoms with Gasteiger partial charge in [-0.1, -0.05) is 0 Å². The number of thiophene rings is 1. The fourth-order valence-electron chi connectivity index (χ4n) is 3.18. The first kappa shape index (κ1) is 18.3. The fourth-order valence-corrected chi connectivity index (χ4v) is 4.46. The van der Waals surface area contributed by atoms with Crippen molar-refractivity contribution in [1.29, 1.82) is 0 Å². The maximum absolute atomic E-state index is 12.8. The van der Waals surface area contributed by atoms with Crippen LogP contribution in [0.4, 0.5) is 5.00 Å². The number of methoxy groups -OCH3 is 2. The molecular formula is C19H22N2O4S. The number of hydrogen-bond acceptors (Lipinski definition) is 5. The molecule has 2 N–H and O–H groups in total. The normalized spacial score (nSPS) is 12.9. The molecular weight excluding hydrogens is 352 g/mol. The number of fused-ring (bicyclic) bond motifs is 1. The average molecular weight is 374 g/mol. The molecule has 1 aliphatic rings. The van der Waals surface area contributed by atoms with Gasteiger partial charge in [-0.05, 0) is 43.4 Å². The molecule has 0 radical (unpaired) electrons. The van der Waals surface area contributed by atoms with Crippen LogP contribution in [0.1, 0.15) is 44.0 Å². The molecule has 2 aromatic rings. The summed E-state index contributed by atoms with van der Waals surface area (Å²) in [5, 5.41) is 6.19. The molecule has 0 bridgehead atoms. The van der Waals surface area contributed by atoms with E-state index in [4.69, 9.17) is 9.47 Å². The lowest BCUT2D eigenvalue weighted by Crippen LogP contribution is -2.22. The Balaban J connectivity index is 1.95. The monoisotopic (exact) mass is 374 g/mol. The summed E-state index contributed by atoms with van der Waals surface area (Å²) < 4.78 is 10.5. The van der Waals surface area contributed by atoms with Gasteiger partial charge in [0.1, 0.15) is 16.5 Å². The van der Waals surface area contributed by atoms with E-state index in [2.05, 4.69) is 10.6 Å². The van der Waals surface area contributed by atoms with Gasteiger partial charge in [0.05, 0.1) is 25.3 Å². The van der Waals surface area contributed by atoms with Crippen molar-refractivity contribution in [1.82, 2.24) is 5.32 Å². The van der Waals surface area contributed by atoms with Crippen LogP contribution in [0.15, 0.2) is 18.2 Å². The number of anilines is 1. The van der Waals surface area contributed by atoms with Crippen molar-refractivity contribution in [2.75, 3.05) is 26.6 Å². The van der Waals surface area contributed by atoms with Crippen molar-refractivity contribution in [3.05, 3.63) is 39.8 Å². The zero-order valence-electron chi connectivity index (χ0n) is 15.1. The van der Waals surface area contributed by atoms with Gasteiger partial charge < -0.3 is 20.1 Å². The van der Waals surface area contributed by atoms with Crippen molar-refractivity contribution in [2.24, 2.45) is 0 Å². The molecule has 0 spiro atoms. The first-order valence-corrected chi connectivity index (χ1v) is 9.30. The number of rotatable bonds is 5. The number of carbonyl (C=O) groups excluding carboxylic acids is 2. The SMILES string of the molecule is CNC(=O)c1c(NC(=O)c2ccc(OC)cc2OC)sc2c1CCCC2. The minimum absolute atomic E-state index is 0.165. The molecule has 7 heteroatoms. The van der Waals surface area contributed by atoms with Crippen molar-refractivity contribution >= 4 is 28.2 Å². The highest BCUT2D eigenvalue weighted by Gasteiger charge is 2.26. The maximum Gasteiger partial charge on any atom is 0.260 e. The van der Waals surface area contributed by atoms with Gasteiger partial charge in [-0.25, -0.2) is 0 Å². The second kappa shape index (κ2) is 7.78. The summed E-state index contributed by atoms with van der Waals surface area (Å²) in [7, 11) is 4.67. The first-order chi connectivity index (χ1) is 12.6. The number of aryl methyl sites for hydroxylation is 1. The minimum atomic E-state index is -0.312. The van der Waals surface area contributed by atoms with Crippen LogP contribution in [0.2, 0.25) is 0 Å².